The largest absolute Gasteiger partial charge is 0.450 e. The molecule has 176 valence electrons. The first-order valence-corrected chi connectivity index (χ1v) is 9.88. The summed E-state index contributed by atoms with van der Waals surface area (Å²) in [5.41, 5.74) is -0.000972. The molecule has 2 heterocycles. The molecule has 1 aromatic carbocycles. The molecule has 0 saturated heterocycles. The highest BCUT2D eigenvalue weighted by Crippen LogP contribution is 2.28. The van der Waals surface area contributed by atoms with Crippen molar-refractivity contribution in [3.63, 3.8) is 0 Å². The summed E-state index contributed by atoms with van der Waals surface area (Å²) < 4.78 is 47.0. The van der Waals surface area contributed by atoms with Crippen LogP contribution in [-0.2, 0) is 10.9 Å². The standard InChI is InChI=1S/C21H17F3N6O4/c1-11-13(4-3-5-15(11)30(32)33)19(31)28-17-9-26-18(10-25-17)29-16-7-6-12(34-2)8-14(16)27-20(29)21(22,23)24/h3-5,7-10,12H,6H2,1-2H3,(H,25,28,31). The van der Waals surface area contributed by atoms with Gasteiger partial charge in [-0.2, -0.15) is 13.2 Å². The summed E-state index contributed by atoms with van der Waals surface area (Å²) in [5, 5.41) is 13.9. The topological polar surface area (TPSA) is 125 Å². The van der Waals surface area contributed by atoms with E-state index in [1.165, 1.54) is 38.3 Å². The maximum absolute atomic E-state index is 13.7. The van der Waals surface area contributed by atoms with Crippen molar-refractivity contribution in [2.24, 2.45) is 0 Å². The number of amides is 1. The normalized spacial score (nSPS) is 15.1. The fourth-order valence-electron chi connectivity index (χ4n) is 3.58. The maximum Gasteiger partial charge on any atom is 0.450 e. The molecule has 1 N–H and O–H groups in total. The Morgan fingerprint density at radius 2 is 2.06 bits per heavy atom. The average molecular weight is 474 g/mol. The molecule has 0 saturated carbocycles. The summed E-state index contributed by atoms with van der Waals surface area (Å²) in [6.45, 7) is 1.43. The SMILES string of the molecule is COC1C=c2nc(C(F)(F)F)n(-c3cnc(NC(=O)c4cccc([N+](=O)[O-])c4C)cn3)c2=CC1. The van der Waals surface area contributed by atoms with Crippen LogP contribution in [0.1, 0.15) is 28.2 Å². The number of hydrogen-bond donors (Lipinski definition) is 1. The molecule has 0 spiro atoms. The zero-order valence-electron chi connectivity index (χ0n) is 17.8. The van der Waals surface area contributed by atoms with Crippen molar-refractivity contribution >= 4 is 29.6 Å². The third-order valence-corrected chi connectivity index (χ3v) is 5.24. The second kappa shape index (κ2) is 8.67. The first kappa shape index (κ1) is 23.0. The predicted octanol–water partition coefficient (Wildman–Crippen LogP) is 2.13. The minimum absolute atomic E-state index is 0.0443. The molecule has 1 unspecified atom stereocenters. The summed E-state index contributed by atoms with van der Waals surface area (Å²) in [5.74, 6) is -2.03. The molecule has 0 aliphatic heterocycles. The number of nitro groups is 1. The van der Waals surface area contributed by atoms with E-state index in [0.29, 0.717) is 6.42 Å². The number of fused-ring (bicyclic) bond motifs is 1. The van der Waals surface area contributed by atoms with Gasteiger partial charge in [0.15, 0.2) is 11.6 Å². The molecule has 34 heavy (non-hydrogen) atoms. The molecule has 2 aromatic heterocycles. The number of alkyl halides is 3. The van der Waals surface area contributed by atoms with Crippen molar-refractivity contribution in [3.05, 3.63) is 68.4 Å². The molecule has 0 fully saturated rings. The van der Waals surface area contributed by atoms with E-state index in [0.717, 1.165) is 17.0 Å². The molecule has 1 atom stereocenters. The number of aromatic nitrogens is 4. The summed E-state index contributed by atoms with van der Waals surface area (Å²) >= 11 is 0. The monoisotopic (exact) mass is 474 g/mol. The second-order valence-electron chi connectivity index (χ2n) is 7.34. The quantitative estimate of drug-likeness (QED) is 0.444. The van der Waals surface area contributed by atoms with E-state index in [9.17, 15) is 28.1 Å². The van der Waals surface area contributed by atoms with E-state index in [2.05, 4.69) is 20.3 Å². The summed E-state index contributed by atoms with van der Waals surface area (Å²) in [6, 6.07) is 4.05. The number of nitro benzene ring substituents is 1. The number of methoxy groups -OCH3 is 1. The van der Waals surface area contributed by atoms with Crippen LogP contribution in [-0.4, -0.2) is 43.6 Å². The summed E-state index contributed by atoms with van der Waals surface area (Å²) in [7, 11) is 1.45. The van der Waals surface area contributed by atoms with Gasteiger partial charge in [0.25, 0.3) is 11.6 Å². The van der Waals surface area contributed by atoms with Gasteiger partial charge in [0, 0.05) is 24.3 Å². The van der Waals surface area contributed by atoms with Crippen LogP contribution in [0.5, 0.6) is 0 Å². The molecule has 0 radical (unpaired) electrons. The highest BCUT2D eigenvalue weighted by atomic mass is 19.4. The van der Waals surface area contributed by atoms with Crippen molar-refractivity contribution in [2.75, 3.05) is 12.4 Å². The van der Waals surface area contributed by atoms with E-state index in [4.69, 9.17) is 4.74 Å². The number of imidazole rings is 1. The Bertz CT molecular complexity index is 1400. The maximum atomic E-state index is 13.7. The number of nitrogens with one attached hydrogen (secondary N) is 1. The van der Waals surface area contributed by atoms with Gasteiger partial charge in [-0.25, -0.2) is 15.0 Å². The van der Waals surface area contributed by atoms with Crippen molar-refractivity contribution in [1.29, 1.82) is 0 Å². The van der Waals surface area contributed by atoms with Gasteiger partial charge in [-0.15, -0.1) is 0 Å². The minimum atomic E-state index is -4.75. The molecule has 3 aromatic rings. The average Bonchev–Trinajstić information content (AvgIpc) is 3.18. The van der Waals surface area contributed by atoms with E-state index in [1.807, 2.05) is 0 Å². The number of anilines is 1. The van der Waals surface area contributed by atoms with E-state index in [1.54, 1.807) is 6.08 Å². The van der Waals surface area contributed by atoms with Gasteiger partial charge in [0.1, 0.15) is 0 Å². The van der Waals surface area contributed by atoms with Crippen LogP contribution in [0.3, 0.4) is 0 Å². The third-order valence-electron chi connectivity index (χ3n) is 5.24. The highest BCUT2D eigenvalue weighted by molar-refractivity contribution is 6.05. The number of ether oxygens (including phenoxy) is 1. The molecule has 13 heteroatoms. The lowest BCUT2D eigenvalue weighted by Crippen LogP contribution is -2.35. The molecular formula is C21H17F3N6O4. The Balaban J connectivity index is 1.67. The minimum Gasteiger partial charge on any atom is -0.377 e. The summed E-state index contributed by atoms with van der Waals surface area (Å²) in [6.07, 6.45) is 0.462. The molecule has 0 bridgehead atoms. The summed E-state index contributed by atoms with van der Waals surface area (Å²) in [4.78, 5) is 34.8. The lowest BCUT2D eigenvalue weighted by Gasteiger charge is -2.12. The van der Waals surface area contributed by atoms with Crippen LogP contribution in [0.4, 0.5) is 24.7 Å². The van der Waals surface area contributed by atoms with E-state index >= 15 is 0 Å². The van der Waals surface area contributed by atoms with Crippen LogP contribution in [0.25, 0.3) is 18.0 Å². The molecule has 4 rings (SSSR count). The first-order valence-electron chi connectivity index (χ1n) is 9.88. The predicted molar refractivity (Wildman–Crippen MR) is 114 cm³/mol. The van der Waals surface area contributed by atoms with Crippen LogP contribution in [0, 0.1) is 17.0 Å². The first-order chi connectivity index (χ1) is 16.1. The molecule has 1 amide bonds. The second-order valence-corrected chi connectivity index (χ2v) is 7.34. The molecule has 1 aliphatic carbocycles. The van der Waals surface area contributed by atoms with Gasteiger partial charge in [0.05, 0.1) is 34.1 Å². The van der Waals surface area contributed by atoms with Crippen molar-refractivity contribution in [2.45, 2.75) is 25.6 Å². The lowest BCUT2D eigenvalue weighted by molar-refractivity contribution is -0.385. The van der Waals surface area contributed by atoms with Crippen LogP contribution >= 0.6 is 0 Å². The van der Waals surface area contributed by atoms with Crippen molar-refractivity contribution < 1.29 is 27.6 Å². The third kappa shape index (κ3) is 4.24. The van der Waals surface area contributed by atoms with E-state index in [-0.39, 0.29) is 39.1 Å². The van der Waals surface area contributed by atoms with Gasteiger partial charge in [0.2, 0.25) is 5.82 Å². The van der Waals surface area contributed by atoms with Crippen LogP contribution in [0.15, 0.2) is 30.6 Å². The number of rotatable bonds is 5. The lowest BCUT2D eigenvalue weighted by atomic mass is 10.1. The fourth-order valence-corrected chi connectivity index (χ4v) is 3.58. The molecule has 1 aliphatic rings. The Morgan fingerprint density at radius 3 is 2.68 bits per heavy atom. The zero-order chi connectivity index (χ0) is 24.6. The van der Waals surface area contributed by atoms with Gasteiger partial charge < -0.3 is 10.1 Å². The number of benzene rings is 1. The van der Waals surface area contributed by atoms with Gasteiger partial charge in [-0.05, 0) is 25.5 Å². The van der Waals surface area contributed by atoms with Crippen LogP contribution < -0.4 is 16.0 Å². The number of hydrogen-bond acceptors (Lipinski definition) is 7. The van der Waals surface area contributed by atoms with Crippen molar-refractivity contribution in [1.82, 2.24) is 19.5 Å². The fraction of sp³-hybridized carbons (Fsp3) is 0.238. The Morgan fingerprint density at radius 1 is 1.29 bits per heavy atom. The van der Waals surface area contributed by atoms with Gasteiger partial charge in [-0.3, -0.25) is 19.5 Å². The Kier molecular flexibility index (Phi) is 5.87. The molecule has 10 nitrogen and oxygen atoms in total. The number of nitrogens with zero attached hydrogens (tertiary/aromatic N) is 5. The highest BCUT2D eigenvalue weighted by Gasteiger charge is 2.38. The Labute approximate surface area is 189 Å². The smallest absolute Gasteiger partial charge is 0.377 e. The van der Waals surface area contributed by atoms with E-state index < -0.39 is 28.9 Å². The number of carbonyl (C=O) groups excluding carboxylic acids is 1. The zero-order valence-corrected chi connectivity index (χ0v) is 17.8. The Hall–Kier alpha value is -4.13. The van der Waals surface area contributed by atoms with Gasteiger partial charge >= 0.3 is 6.18 Å². The number of halogens is 3. The number of carbonyl (C=O) groups is 1. The molecular weight excluding hydrogens is 457 g/mol. The van der Waals surface area contributed by atoms with Crippen molar-refractivity contribution in [3.8, 4) is 5.82 Å². The van der Waals surface area contributed by atoms with Gasteiger partial charge in [-0.1, -0.05) is 12.1 Å². The van der Waals surface area contributed by atoms with Crippen LogP contribution in [0.2, 0.25) is 0 Å².